The van der Waals surface area contributed by atoms with Crippen molar-refractivity contribution in [3.8, 4) is 0 Å². The second-order valence-corrected chi connectivity index (χ2v) is 6.43. The fraction of sp³-hybridized carbons (Fsp3) is 0.250. The Kier molecular flexibility index (Phi) is 4.84. The fourth-order valence-corrected chi connectivity index (χ4v) is 3.43. The second-order valence-electron chi connectivity index (χ2n) is 4.01. The topological polar surface area (TPSA) is 63.1 Å². The lowest BCUT2D eigenvalue weighted by atomic mass is 10.1. The van der Waals surface area contributed by atoms with Crippen LogP contribution in [0.3, 0.4) is 0 Å². The Labute approximate surface area is 126 Å². The average Bonchev–Trinajstić information content (AvgIpc) is 2.87. The predicted molar refractivity (Wildman–Crippen MR) is 72.3 cm³/mol. The molecule has 0 aliphatic rings. The number of benzene rings is 1. The van der Waals surface area contributed by atoms with Gasteiger partial charge in [-0.05, 0) is 12.0 Å². The molecule has 1 N–H and O–H groups in total. The highest BCUT2D eigenvalue weighted by atomic mass is 32.2. The summed E-state index contributed by atoms with van der Waals surface area (Å²) in [6.45, 7) is 0. The molecule has 21 heavy (non-hydrogen) atoms. The van der Waals surface area contributed by atoms with Crippen molar-refractivity contribution in [1.82, 2.24) is 10.2 Å². The maximum Gasteiger partial charge on any atom is 0.445 e. The summed E-state index contributed by atoms with van der Waals surface area (Å²) in [7, 11) is 0. The van der Waals surface area contributed by atoms with Crippen molar-refractivity contribution >= 4 is 29.1 Å². The summed E-state index contributed by atoms with van der Waals surface area (Å²) in [4.78, 5) is 11.2. The molecule has 0 fully saturated rings. The quantitative estimate of drug-likeness (QED) is 0.850. The van der Waals surface area contributed by atoms with Gasteiger partial charge in [-0.15, -0.1) is 10.2 Å². The van der Waals surface area contributed by atoms with Crippen molar-refractivity contribution in [3.05, 3.63) is 40.9 Å². The van der Waals surface area contributed by atoms with E-state index in [4.69, 9.17) is 0 Å². The first-order valence-corrected chi connectivity index (χ1v) is 7.40. The van der Waals surface area contributed by atoms with Crippen LogP contribution in [0.25, 0.3) is 0 Å². The molecule has 1 aromatic heterocycles. The average molecular weight is 334 g/mol. The van der Waals surface area contributed by atoms with Crippen LogP contribution >= 0.6 is 23.1 Å². The smallest absolute Gasteiger partial charge is 0.445 e. The zero-order chi connectivity index (χ0) is 15.5. The lowest BCUT2D eigenvalue weighted by Crippen LogP contribution is -2.19. The minimum Gasteiger partial charge on any atom is -0.480 e. The third kappa shape index (κ3) is 4.43. The molecule has 0 spiro atoms. The van der Waals surface area contributed by atoms with Gasteiger partial charge >= 0.3 is 12.1 Å². The summed E-state index contributed by atoms with van der Waals surface area (Å²) in [5.41, 5.74) is 0.790. The van der Waals surface area contributed by atoms with Crippen LogP contribution in [0.15, 0.2) is 34.7 Å². The second kappa shape index (κ2) is 6.44. The molecule has 112 valence electrons. The van der Waals surface area contributed by atoms with Gasteiger partial charge in [-0.3, -0.25) is 4.79 Å². The monoisotopic (exact) mass is 334 g/mol. The summed E-state index contributed by atoms with van der Waals surface area (Å²) in [5.74, 6) is -1.10. The Hall–Kier alpha value is -1.61. The van der Waals surface area contributed by atoms with E-state index in [2.05, 4.69) is 10.2 Å². The van der Waals surface area contributed by atoms with E-state index < -0.39 is 22.4 Å². The summed E-state index contributed by atoms with van der Waals surface area (Å²) in [5, 5.41) is 13.6. The third-order valence-corrected chi connectivity index (χ3v) is 4.67. The molecule has 0 saturated carbocycles. The molecule has 2 aromatic rings. The summed E-state index contributed by atoms with van der Waals surface area (Å²) >= 11 is 1.12. The standard InChI is InChI=1S/C12H9F3N2O2S2/c13-12(14,15)10-16-17-11(21-10)20-8(9(18)19)6-7-4-2-1-3-5-7/h1-5,8H,6H2,(H,18,19). The molecular weight excluding hydrogens is 325 g/mol. The number of hydrogen-bond acceptors (Lipinski definition) is 5. The van der Waals surface area contributed by atoms with Gasteiger partial charge in [0.2, 0.25) is 5.01 Å². The Morgan fingerprint density at radius 1 is 1.29 bits per heavy atom. The highest BCUT2D eigenvalue weighted by molar-refractivity contribution is 8.02. The lowest BCUT2D eigenvalue weighted by molar-refractivity contribution is -0.138. The molecule has 0 radical (unpaired) electrons. The highest BCUT2D eigenvalue weighted by Crippen LogP contribution is 2.36. The summed E-state index contributed by atoms with van der Waals surface area (Å²) in [6.07, 6.45) is -4.36. The SMILES string of the molecule is O=C(O)C(Cc1ccccc1)Sc1nnc(C(F)(F)F)s1. The zero-order valence-electron chi connectivity index (χ0n) is 10.4. The van der Waals surface area contributed by atoms with E-state index in [0.29, 0.717) is 11.3 Å². The molecule has 1 heterocycles. The van der Waals surface area contributed by atoms with Gasteiger partial charge in [0, 0.05) is 0 Å². The van der Waals surface area contributed by atoms with E-state index in [1.165, 1.54) is 0 Å². The van der Waals surface area contributed by atoms with Crippen LogP contribution in [0, 0.1) is 0 Å². The van der Waals surface area contributed by atoms with Gasteiger partial charge in [-0.2, -0.15) is 13.2 Å². The first-order chi connectivity index (χ1) is 9.86. The first kappa shape index (κ1) is 15.8. The van der Waals surface area contributed by atoms with Crippen molar-refractivity contribution < 1.29 is 23.1 Å². The van der Waals surface area contributed by atoms with Crippen molar-refractivity contribution in [3.63, 3.8) is 0 Å². The minimum atomic E-state index is -4.56. The molecule has 0 aliphatic heterocycles. The van der Waals surface area contributed by atoms with E-state index in [-0.39, 0.29) is 10.8 Å². The molecule has 0 saturated heterocycles. The van der Waals surface area contributed by atoms with Crippen LogP contribution in [0.2, 0.25) is 0 Å². The van der Waals surface area contributed by atoms with Crippen molar-refractivity contribution in [1.29, 1.82) is 0 Å². The number of halogens is 3. The molecule has 2 rings (SSSR count). The van der Waals surface area contributed by atoms with Gasteiger partial charge in [0.25, 0.3) is 0 Å². The van der Waals surface area contributed by atoms with Gasteiger partial charge in [0.1, 0.15) is 5.25 Å². The van der Waals surface area contributed by atoms with Crippen LogP contribution in [-0.4, -0.2) is 26.5 Å². The predicted octanol–water partition coefficient (Wildman–Crippen LogP) is 3.34. The van der Waals surface area contributed by atoms with Crippen molar-refractivity contribution in [2.24, 2.45) is 0 Å². The number of hydrogen-bond donors (Lipinski definition) is 1. The van der Waals surface area contributed by atoms with Gasteiger partial charge in [-0.1, -0.05) is 53.4 Å². The van der Waals surface area contributed by atoms with Crippen molar-refractivity contribution in [2.75, 3.05) is 0 Å². The number of thioether (sulfide) groups is 1. The van der Waals surface area contributed by atoms with Crippen LogP contribution in [0.5, 0.6) is 0 Å². The third-order valence-electron chi connectivity index (χ3n) is 2.43. The van der Waals surface area contributed by atoms with E-state index >= 15 is 0 Å². The number of carbonyl (C=O) groups is 1. The fourth-order valence-electron chi connectivity index (χ4n) is 1.50. The van der Waals surface area contributed by atoms with E-state index in [9.17, 15) is 23.1 Å². The molecule has 1 aromatic carbocycles. The van der Waals surface area contributed by atoms with Crippen LogP contribution < -0.4 is 0 Å². The lowest BCUT2D eigenvalue weighted by Gasteiger charge is -2.09. The van der Waals surface area contributed by atoms with Crippen LogP contribution in [0.1, 0.15) is 10.6 Å². The maximum absolute atomic E-state index is 12.4. The first-order valence-electron chi connectivity index (χ1n) is 5.70. The number of rotatable bonds is 5. The van der Waals surface area contributed by atoms with Crippen LogP contribution in [-0.2, 0) is 17.4 Å². The molecule has 0 bridgehead atoms. The molecular formula is C12H9F3N2O2S2. The number of aliphatic carboxylic acids is 1. The number of nitrogens with zero attached hydrogens (tertiary/aromatic N) is 2. The van der Waals surface area contributed by atoms with Gasteiger partial charge in [-0.25, -0.2) is 0 Å². The highest BCUT2D eigenvalue weighted by Gasteiger charge is 2.36. The van der Waals surface area contributed by atoms with E-state index in [1.807, 2.05) is 0 Å². The largest absolute Gasteiger partial charge is 0.480 e. The Bertz CT molecular complexity index is 616. The number of carboxylic acids is 1. The Morgan fingerprint density at radius 3 is 2.48 bits per heavy atom. The Morgan fingerprint density at radius 2 is 1.95 bits per heavy atom. The summed E-state index contributed by atoms with van der Waals surface area (Å²) in [6, 6.07) is 8.86. The molecule has 1 atom stereocenters. The number of carboxylic acid groups (broad SMARTS) is 1. The van der Waals surface area contributed by atoms with E-state index in [1.54, 1.807) is 30.3 Å². The maximum atomic E-state index is 12.4. The molecule has 0 aliphatic carbocycles. The molecule has 0 amide bonds. The normalized spacial score (nSPS) is 13.1. The van der Waals surface area contributed by atoms with Crippen molar-refractivity contribution in [2.45, 2.75) is 22.2 Å². The molecule has 9 heteroatoms. The number of aromatic nitrogens is 2. The Balaban J connectivity index is 2.10. The number of alkyl halides is 3. The molecule has 4 nitrogen and oxygen atoms in total. The molecule has 1 unspecified atom stereocenters. The van der Waals surface area contributed by atoms with Crippen LogP contribution in [0.4, 0.5) is 13.2 Å². The zero-order valence-corrected chi connectivity index (χ0v) is 12.0. The van der Waals surface area contributed by atoms with E-state index in [0.717, 1.165) is 17.3 Å². The summed E-state index contributed by atoms with van der Waals surface area (Å²) < 4.78 is 37.3. The van der Waals surface area contributed by atoms with Gasteiger partial charge in [0.15, 0.2) is 4.34 Å². The van der Waals surface area contributed by atoms with Gasteiger partial charge < -0.3 is 5.11 Å². The minimum absolute atomic E-state index is 0.00865. The van der Waals surface area contributed by atoms with Gasteiger partial charge in [0.05, 0.1) is 0 Å².